The third-order valence-electron chi connectivity index (χ3n) is 7.87. The highest BCUT2D eigenvalue weighted by atomic mass is 35.5. The van der Waals surface area contributed by atoms with Crippen LogP contribution < -0.4 is 15.8 Å². The van der Waals surface area contributed by atoms with E-state index in [0.717, 1.165) is 48.4 Å². The lowest BCUT2D eigenvalue weighted by atomic mass is 10.0. The molecule has 1 N–H and O–H groups in total. The van der Waals surface area contributed by atoms with E-state index in [1.807, 2.05) is 48.5 Å². The number of thioether (sulfide) groups is 1. The Morgan fingerprint density at radius 3 is 2.19 bits per heavy atom. The number of piperazine rings is 1. The number of hydrogen-bond acceptors (Lipinski definition) is 8. The first kappa shape index (κ1) is 32.4. The number of halogens is 2. The molecule has 0 unspecified atom stereocenters. The summed E-state index contributed by atoms with van der Waals surface area (Å²) in [6.45, 7) is 3.68. The van der Waals surface area contributed by atoms with Crippen molar-refractivity contribution in [3.8, 4) is 22.3 Å². The minimum Gasteiger partial charge on any atom is -0.340 e. The molecule has 1 saturated heterocycles. The minimum absolute atomic E-state index is 0.0366. The Kier molecular flexibility index (Phi) is 10.3. The maximum Gasteiger partial charge on any atom is 0.281 e. The summed E-state index contributed by atoms with van der Waals surface area (Å²) in [5.74, 6) is 0.570. The van der Waals surface area contributed by atoms with Crippen LogP contribution in [-0.2, 0) is 23.6 Å². The quantitative estimate of drug-likeness (QED) is 0.154. The van der Waals surface area contributed by atoms with Gasteiger partial charge in [0.25, 0.3) is 5.56 Å². The number of carbonyl (C=O) groups is 1. The average molecular weight is 670 g/mol. The SMILES string of the molecule is CN(Cc1ccc(-c2ccc(Cl)cc2)cc1)C(=O)Cn1cc(-c2cnc(N3CCNCC3)nc2)c(=O)nc1SCc1ccc(F)cc1. The highest BCUT2D eigenvalue weighted by molar-refractivity contribution is 7.98. The van der Waals surface area contributed by atoms with E-state index >= 15 is 0 Å². The molecule has 2 aromatic heterocycles. The van der Waals surface area contributed by atoms with Crippen LogP contribution in [0.2, 0.25) is 5.02 Å². The van der Waals surface area contributed by atoms with E-state index in [9.17, 15) is 14.0 Å². The van der Waals surface area contributed by atoms with Crippen molar-refractivity contribution in [2.24, 2.45) is 0 Å². The molecule has 0 saturated carbocycles. The van der Waals surface area contributed by atoms with Crippen molar-refractivity contribution in [1.82, 2.24) is 29.7 Å². The first-order chi connectivity index (χ1) is 22.8. The summed E-state index contributed by atoms with van der Waals surface area (Å²) >= 11 is 7.34. The smallest absolute Gasteiger partial charge is 0.281 e. The molecule has 1 aliphatic heterocycles. The van der Waals surface area contributed by atoms with E-state index in [1.54, 1.807) is 47.2 Å². The molecule has 0 bridgehead atoms. The van der Waals surface area contributed by atoms with E-state index in [2.05, 4.69) is 25.2 Å². The van der Waals surface area contributed by atoms with Gasteiger partial charge in [-0.3, -0.25) is 9.59 Å². The van der Waals surface area contributed by atoms with Crippen molar-refractivity contribution in [3.63, 3.8) is 0 Å². The first-order valence-corrected chi connectivity index (χ1v) is 16.5. The van der Waals surface area contributed by atoms with Gasteiger partial charge in [0, 0.05) is 74.7 Å². The second kappa shape index (κ2) is 14.9. The number of aromatic nitrogens is 4. The van der Waals surface area contributed by atoms with Gasteiger partial charge in [-0.05, 0) is 46.5 Å². The van der Waals surface area contributed by atoms with Crippen LogP contribution in [0.5, 0.6) is 0 Å². The fraction of sp³-hybridized carbons (Fsp3) is 0.229. The number of likely N-dealkylation sites (N-methyl/N-ethyl adjacent to an activating group) is 1. The van der Waals surface area contributed by atoms with Gasteiger partial charge in [0.1, 0.15) is 12.4 Å². The molecular formula is C35H33ClFN7O2S. The molecule has 0 aliphatic carbocycles. The van der Waals surface area contributed by atoms with Crippen LogP contribution in [0.1, 0.15) is 11.1 Å². The van der Waals surface area contributed by atoms with Crippen LogP contribution in [0.25, 0.3) is 22.3 Å². The number of nitrogens with one attached hydrogen (secondary N) is 1. The largest absolute Gasteiger partial charge is 0.340 e. The summed E-state index contributed by atoms with van der Waals surface area (Å²) in [6, 6.07) is 21.9. The van der Waals surface area contributed by atoms with Crippen LogP contribution >= 0.6 is 23.4 Å². The summed E-state index contributed by atoms with van der Waals surface area (Å²) in [6.07, 6.45) is 4.90. The second-order valence-corrected chi connectivity index (χ2v) is 12.6. The van der Waals surface area contributed by atoms with E-state index < -0.39 is 5.56 Å². The Morgan fingerprint density at radius 1 is 0.915 bits per heavy atom. The van der Waals surface area contributed by atoms with Gasteiger partial charge in [-0.25, -0.2) is 14.4 Å². The number of hydrogen-bond donors (Lipinski definition) is 1. The first-order valence-electron chi connectivity index (χ1n) is 15.2. The van der Waals surface area contributed by atoms with Gasteiger partial charge in [0.2, 0.25) is 11.9 Å². The molecule has 9 nitrogen and oxygen atoms in total. The third-order valence-corrected chi connectivity index (χ3v) is 9.18. The number of benzene rings is 3. The standard InChI is InChI=1S/C35H33ClFN7O2S/c1-42(20-24-2-6-26(7-3-24)27-8-10-29(36)11-9-27)32(45)22-44-21-31(28-18-39-34(40-19-28)43-16-14-38-15-17-43)33(46)41-35(44)47-23-25-4-12-30(37)13-5-25/h2-13,18-19,21,38H,14-17,20,22-23H2,1H3. The zero-order valence-corrected chi connectivity index (χ0v) is 27.3. The topological polar surface area (TPSA) is 96.3 Å². The van der Waals surface area contributed by atoms with Crippen molar-refractivity contribution in [1.29, 1.82) is 0 Å². The molecule has 1 aliphatic rings. The van der Waals surface area contributed by atoms with Crippen LogP contribution in [0.15, 0.2) is 101 Å². The summed E-state index contributed by atoms with van der Waals surface area (Å²) in [7, 11) is 1.75. The zero-order chi connectivity index (χ0) is 32.8. The molecular weight excluding hydrogens is 637 g/mol. The predicted octanol–water partition coefficient (Wildman–Crippen LogP) is 5.52. The average Bonchev–Trinajstić information content (AvgIpc) is 3.10. The van der Waals surface area contributed by atoms with Crippen molar-refractivity contribution < 1.29 is 9.18 Å². The lowest BCUT2D eigenvalue weighted by Gasteiger charge is -2.27. The van der Waals surface area contributed by atoms with E-state index in [4.69, 9.17) is 11.6 Å². The van der Waals surface area contributed by atoms with Gasteiger partial charge in [-0.15, -0.1) is 0 Å². The Labute approximate surface area is 281 Å². The molecule has 47 heavy (non-hydrogen) atoms. The molecule has 0 atom stereocenters. The third kappa shape index (κ3) is 8.23. The van der Waals surface area contributed by atoms with Gasteiger partial charge < -0.3 is 19.7 Å². The van der Waals surface area contributed by atoms with Crippen molar-refractivity contribution in [2.75, 3.05) is 38.1 Å². The summed E-state index contributed by atoms with van der Waals surface area (Å²) in [5, 5.41) is 4.38. The molecule has 12 heteroatoms. The number of amides is 1. The molecule has 3 aromatic carbocycles. The number of carbonyl (C=O) groups excluding carboxylic acids is 1. The maximum atomic E-state index is 13.6. The minimum atomic E-state index is -0.442. The maximum absolute atomic E-state index is 13.6. The van der Waals surface area contributed by atoms with Gasteiger partial charge in [0.05, 0.1) is 5.56 Å². The molecule has 1 amide bonds. The lowest BCUT2D eigenvalue weighted by molar-refractivity contribution is -0.131. The molecule has 6 rings (SSSR count). The van der Waals surface area contributed by atoms with Crippen LogP contribution in [-0.4, -0.2) is 63.6 Å². The zero-order valence-electron chi connectivity index (χ0n) is 25.8. The Hall–Kier alpha value is -4.58. The van der Waals surface area contributed by atoms with E-state index in [1.165, 1.54) is 23.9 Å². The fourth-order valence-electron chi connectivity index (χ4n) is 5.19. The highest BCUT2D eigenvalue weighted by Crippen LogP contribution is 2.25. The van der Waals surface area contributed by atoms with Crippen LogP contribution in [0.3, 0.4) is 0 Å². The molecule has 0 spiro atoms. The van der Waals surface area contributed by atoms with Crippen LogP contribution in [0, 0.1) is 5.82 Å². The molecule has 5 aromatic rings. The van der Waals surface area contributed by atoms with Gasteiger partial charge >= 0.3 is 0 Å². The van der Waals surface area contributed by atoms with Crippen LogP contribution in [0.4, 0.5) is 10.3 Å². The number of nitrogens with zero attached hydrogens (tertiary/aromatic N) is 6. The van der Waals surface area contributed by atoms with Gasteiger partial charge in [0.15, 0.2) is 5.16 Å². The van der Waals surface area contributed by atoms with Gasteiger partial charge in [-0.2, -0.15) is 4.98 Å². The lowest BCUT2D eigenvalue weighted by Crippen LogP contribution is -2.44. The monoisotopic (exact) mass is 669 g/mol. The fourth-order valence-corrected chi connectivity index (χ4v) is 6.24. The second-order valence-electron chi connectivity index (χ2n) is 11.2. The molecule has 0 radical (unpaired) electrons. The van der Waals surface area contributed by atoms with E-state index in [0.29, 0.717) is 39.6 Å². The van der Waals surface area contributed by atoms with E-state index in [-0.39, 0.29) is 18.3 Å². The molecule has 240 valence electrons. The number of anilines is 1. The van der Waals surface area contributed by atoms with Gasteiger partial charge in [-0.1, -0.05) is 71.9 Å². The Balaban J connectivity index is 1.21. The highest BCUT2D eigenvalue weighted by Gasteiger charge is 2.18. The van der Waals surface area contributed by atoms with Crippen molar-refractivity contribution >= 4 is 35.2 Å². The Morgan fingerprint density at radius 2 is 1.53 bits per heavy atom. The molecule has 3 heterocycles. The summed E-state index contributed by atoms with van der Waals surface area (Å²) < 4.78 is 15.2. The normalized spacial score (nSPS) is 13.0. The molecule has 1 fully saturated rings. The summed E-state index contributed by atoms with van der Waals surface area (Å²) in [5.41, 5.74) is 4.33. The predicted molar refractivity (Wildman–Crippen MR) is 184 cm³/mol. The number of rotatable bonds is 10. The summed E-state index contributed by atoms with van der Waals surface area (Å²) in [4.78, 5) is 44.0. The Bertz CT molecular complexity index is 1880. The van der Waals surface area contributed by atoms with Crippen molar-refractivity contribution in [3.05, 3.63) is 124 Å². The van der Waals surface area contributed by atoms with Crippen molar-refractivity contribution in [2.45, 2.75) is 24.0 Å².